The van der Waals surface area contributed by atoms with Gasteiger partial charge in [0.15, 0.2) is 5.96 Å². The Morgan fingerprint density at radius 2 is 1.14 bits per heavy atom. The first-order valence-corrected chi connectivity index (χ1v) is 25.4. The zero-order valence-electron chi connectivity index (χ0n) is 44.4. The molecule has 0 bridgehead atoms. The van der Waals surface area contributed by atoms with Crippen molar-refractivity contribution in [1.29, 1.82) is 0 Å². The third kappa shape index (κ3) is 22.8. The van der Waals surface area contributed by atoms with E-state index in [1.54, 1.807) is 44.3 Å². The number of carbonyl (C=O) groups is 10. The molecule has 0 unspecified atom stereocenters. The van der Waals surface area contributed by atoms with E-state index in [2.05, 4.69) is 52.5 Å². The predicted octanol–water partition coefficient (Wildman–Crippen LogP) is -3.86. The molecule has 0 aliphatic rings. The van der Waals surface area contributed by atoms with Crippen molar-refractivity contribution in [3.05, 3.63) is 36.0 Å². The molecule has 28 heteroatoms. The van der Waals surface area contributed by atoms with Crippen LogP contribution in [0.1, 0.15) is 98.5 Å². The topological polar surface area (TPSA) is 480 Å². The number of carboxylic acid groups (broad SMARTS) is 2. The summed E-state index contributed by atoms with van der Waals surface area (Å²) in [6, 6.07) is -6.08. The van der Waals surface area contributed by atoms with Crippen molar-refractivity contribution in [2.75, 3.05) is 19.7 Å². The molecule has 0 aliphatic carbocycles. The molecule has 0 spiro atoms. The molecule has 28 nitrogen and oxygen atoms in total. The van der Waals surface area contributed by atoms with Crippen LogP contribution >= 0.6 is 0 Å². The summed E-state index contributed by atoms with van der Waals surface area (Å²) in [7, 11) is 0. The number of nitrogens with two attached hydrogens (primary N) is 4. The molecule has 1 heterocycles. The van der Waals surface area contributed by atoms with Crippen molar-refractivity contribution in [2.45, 2.75) is 160 Å². The van der Waals surface area contributed by atoms with Crippen LogP contribution in [0.4, 0.5) is 0 Å². The van der Waals surface area contributed by atoms with E-state index in [4.69, 9.17) is 22.9 Å². The van der Waals surface area contributed by atoms with Gasteiger partial charge in [-0.25, -0.2) is 4.79 Å². The molecule has 2 aromatic rings. The van der Waals surface area contributed by atoms with E-state index < -0.39 is 145 Å². The van der Waals surface area contributed by atoms with Crippen molar-refractivity contribution in [2.24, 2.45) is 39.8 Å². The molecule has 8 amide bonds. The number of para-hydroxylation sites is 1. The molecule has 430 valence electrons. The van der Waals surface area contributed by atoms with Crippen LogP contribution in [0.5, 0.6) is 0 Å². The molecule has 2 rings (SSSR count). The van der Waals surface area contributed by atoms with Gasteiger partial charge < -0.3 is 90.9 Å². The van der Waals surface area contributed by atoms with Crippen molar-refractivity contribution >= 4 is 76.1 Å². The summed E-state index contributed by atoms with van der Waals surface area (Å²) < 4.78 is 0. The fraction of sp³-hybridized carbons (Fsp3) is 0.612. The van der Waals surface area contributed by atoms with Crippen LogP contribution in [0.25, 0.3) is 10.9 Å². The van der Waals surface area contributed by atoms with Crippen molar-refractivity contribution < 1.29 is 68.4 Å². The molecule has 0 fully saturated rings. The van der Waals surface area contributed by atoms with Gasteiger partial charge in [0.25, 0.3) is 0 Å². The van der Waals surface area contributed by atoms with E-state index in [0.717, 1.165) is 6.92 Å². The van der Waals surface area contributed by atoms with Crippen molar-refractivity contribution in [3.63, 3.8) is 0 Å². The lowest BCUT2D eigenvalue weighted by molar-refractivity contribution is -0.143. The predicted molar refractivity (Wildman–Crippen MR) is 281 cm³/mol. The number of carboxylic acids is 2. The zero-order valence-corrected chi connectivity index (χ0v) is 44.4. The summed E-state index contributed by atoms with van der Waals surface area (Å²) in [4.78, 5) is 140. The Hall–Kier alpha value is -7.43. The first-order chi connectivity index (χ1) is 36.2. The number of aliphatic carboxylic acids is 2. The number of unbranched alkanes of at least 4 members (excludes halogenated alkanes) is 1. The zero-order chi connectivity index (χ0) is 58.1. The standard InChI is InChI=1S/C49H80N14O14/c1-24(2)20-30(51)41(69)56-26(5)40(68)63-39(27(6)65)47(75)59-34(16-17-37(66)67)44(72)57-32(14-9-10-18-50)43(71)61-36(23-64)46(74)58-33(15-11-19-54-49(52)53)42(70)60-35(45(73)62-38(25(3)4)48(76)77)21-28-22-55-31-13-8-7-12-29(28)31/h7-8,12-13,22,24-27,30,32-36,38-39,55,64-65H,9-11,14-21,23,50-51H2,1-6H3,(H,56,69)(H,57,72)(H,58,74)(H,59,75)(H,60,70)(H,61,71)(H,62,73)(H,63,68)(H,66,67)(H,76,77)(H4,52,53,54)/t26-,27+,30-,32-,33-,34-,35-,36-,38-,39-/m0/s1. The Labute approximate surface area is 446 Å². The van der Waals surface area contributed by atoms with Gasteiger partial charge in [-0.2, -0.15) is 0 Å². The van der Waals surface area contributed by atoms with Crippen LogP contribution in [0.3, 0.4) is 0 Å². The van der Waals surface area contributed by atoms with Gasteiger partial charge in [0.2, 0.25) is 47.3 Å². The summed E-state index contributed by atoms with van der Waals surface area (Å²) in [5.41, 5.74) is 23.9. The number of rotatable bonds is 35. The Kier molecular flexibility index (Phi) is 28.1. The Morgan fingerprint density at radius 1 is 0.623 bits per heavy atom. The first kappa shape index (κ1) is 65.7. The molecular formula is C49H80N14O14. The number of nitrogens with zero attached hydrogens (tertiary/aromatic N) is 1. The van der Waals surface area contributed by atoms with Gasteiger partial charge in [0.05, 0.1) is 18.8 Å². The number of fused-ring (bicyclic) bond motifs is 1. The molecule has 1 aromatic carbocycles. The minimum atomic E-state index is -1.80. The highest BCUT2D eigenvalue weighted by atomic mass is 16.4. The van der Waals surface area contributed by atoms with Crippen molar-refractivity contribution in [3.8, 4) is 0 Å². The quantitative estimate of drug-likeness (QED) is 0.0178. The van der Waals surface area contributed by atoms with Gasteiger partial charge in [-0.3, -0.25) is 48.1 Å². The number of aliphatic hydroxyl groups is 2. The highest BCUT2D eigenvalue weighted by Gasteiger charge is 2.36. The van der Waals surface area contributed by atoms with Crippen LogP contribution < -0.4 is 65.5 Å². The minimum Gasteiger partial charge on any atom is -0.481 e. The summed E-state index contributed by atoms with van der Waals surface area (Å²) >= 11 is 0. The number of benzene rings is 1. The Bertz CT molecular complexity index is 2360. The molecule has 0 saturated carbocycles. The Balaban J connectivity index is 2.42. The smallest absolute Gasteiger partial charge is 0.326 e. The number of carbonyl (C=O) groups excluding carboxylic acids is 8. The van der Waals surface area contributed by atoms with E-state index in [1.165, 1.54) is 6.92 Å². The number of guanidine groups is 1. The fourth-order valence-electron chi connectivity index (χ4n) is 7.80. The molecular weight excluding hydrogens is 1010 g/mol. The largest absolute Gasteiger partial charge is 0.481 e. The van der Waals surface area contributed by atoms with E-state index >= 15 is 0 Å². The molecule has 77 heavy (non-hydrogen) atoms. The third-order valence-corrected chi connectivity index (χ3v) is 12.1. The molecule has 0 saturated heterocycles. The maximum absolute atomic E-state index is 14.2. The number of hydrogen-bond donors (Lipinski definition) is 17. The highest BCUT2D eigenvalue weighted by Crippen LogP contribution is 2.20. The SMILES string of the molecule is CC(C)C[C@H](N)C(=O)N[C@@H](C)C(=O)N[C@H](C(=O)N[C@@H](CCC(=O)O)C(=O)N[C@@H](CCCCN)C(=O)N[C@@H](CO)C(=O)N[C@@H](CCCN=C(N)N)C(=O)N[C@@H](Cc1c[nH]c2ccccc12)C(=O)N[C@H](C(=O)O)C(C)C)[C@@H](C)O. The molecule has 1 aromatic heterocycles. The number of hydrogen-bond acceptors (Lipinski definition) is 15. The Morgan fingerprint density at radius 3 is 1.68 bits per heavy atom. The maximum atomic E-state index is 14.2. The number of amides is 8. The third-order valence-electron chi connectivity index (χ3n) is 12.1. The maximum Gasteiger partial charge on any atom is 0.326 e. The lowest BCUT2D eigenvalue weighted by Gasteiger charge is -2.28. The molecule has 0 radical (unpaired) electrons. The molecule has 10 atom stereocenters. The van der Waals surface area contributed by atoms with Gasteiger partial charge in [0.1, 0.15) is 48.3 Å². The van der Waals surface area contributed by atoms with Crippen LogP contribution in [0.15, 0.2) is 35.5 Å². The number of aromatic amines is 1. The second-order valence-corrected chi connectivity index (χ2v) is 19.5. The fourth-order valence-corrected chi connectivity index (χ4v) is 7.80. The van der Waals surface area contributed by atoms with E-state index in [0.29, 0.717) is 29.3 Å². The van der Waals surface area contributed by atoms with E-state index in [-0.39, 0.29) is 57.1 Å². The van der Waals surface area contributed by atoms with Crippen LogP contribution in [-0.4, -0.2) is 171 Å². The number of aliphatic hydroxyl groups excluding tert-OH is 2. The van der Waals surface area contributed by atoms with E-state index in [1.807, 2.05) is 13.8 Å². The van der Waals surface area contributed by atoms with Crippen LogP contribution in [-0.2, 0) is 54.4 Å². The number of H-pyrrole nitrogens is 1. The summed E-state index contributed by atoms with van der Waals surface area (Å²) in [6.07, 6.45) is -0.721. The second kappa shape index (κ2) is 32.9. The average Bonchev–Trinajstić information content (AvgIpc) is 3.76. The molecule has 0 aliphatic heterocycles. The lowest BCUT2D eigenvalue weighted by atomic mass is 10.0. The second-order valence-electron chi connectivity index (χ2n) is 19.5. The number of aliphatic imine (C=N–C) groups is 1. The number of nitrogens with one attached hydrogen (secondary N) is 9. The van der Waals surface area contributed by atoms with Gasteiger partial charge in [-0.1, -0.05) is 45.9 Å². The number of aromatic nitrogens is 1. The summed E-state index contributed by atoms with van der Waals surface area (Å²) in [6.45, 7) is 8.41. The van der Waals surface area contributed by atoms with Crippen molar-refractivity contribution in [1.82, 2.24) is 47.5 Å². The van der Waals surface area contributed by atoms with Gasteiger partial charge in [-0.05, 0) is 88.8 Å². The first-order valence-electron chi connectivity index (χ1n) is 25.4. The van der Waals surface area contributed by atoms with Crippen LogP contribution in [0.2, 0.25) is 0 Å². The van der Waals surface area contributed by atoms with Gasteiger partial charge in [0, 0.05) is 36.5 Å². The van der Waals surface area contributed by atoms with E-state index in [9.17, 15) is 68.4 Å². The normalized spacial score (nSPS) is 15.2. The average molecular weight is 1090 g/mol. The monoisotopic (exact) mass is 1090 g/mol. The summed E-state index contributed by atoms with van der Waals surface area (Å²) in [5.74, 6) is -11.2. The lowest BCUT2D eigenvalue weighted by Crippen LogP contribution is -2.61. The highest BCUT2D eigenvalue weighted by molar-refractivity contribution is 5.98. The van der Waals surface area contributed by atoms with Gasteiger partial charge in [-0.15, -0.1) is 0 Å². The van der Waals surface area contributed by atoms with Gasteiger partial charge >= 0.3 is 11.9 Å². The summed E-state index contributed by atoms with van der Waals surface area (Å²) in [5, 5.41) is 60.5. The van der Waals surface area contributed by atoms with Crippen LogP contribution in [0, 0.1) is 11.8 Å². The molecule has 21 N–H and O–H groups in total. The minimum absolute atomic E-state index is 0.0183.